The third-order valence-corrected chi connectivity index (χ3v) is 5.10. The van der Waals surface area contributed by atoms with Crippen LogP contribution in [0.25, 0.3) is 0 Å². The second-order valence-electron chi connectivity index (χ2n) is 5.51. The monoisotopic (exact) mass is 347 g/mol. The summed E-state index contributed by atoms with van der Waals surface area (Å²) >= 11 is 7.89. The molecule has 0 fully saturated rings. The normalized spacial score (nSPS) is 16.5. The number of aryl methyl sites for hydroxylation is 1. The van der Waals surface area contributed by atoms with Gasteiger partial charge in [-0.2, -0.15) is 0 Å². The largest absolute Gasteiger partial charge is 0.334 e. The number of carbonyl (C=O) groups is 1. The van der Waals surface area contributed by atoms with Crippen LogP contribution in [0, 0.1) is 6.92 Å². The van der Waals surface area contributed by atoms with Gasteiger partial charge in [-0.3, -0.25) is 4.98 Å². The minimum absolute atomic E-state index is 0.00101. The van der Waals surface area contributed by atoms with E-state index in [-0.39, 0.29) is 12.1 Å². The lowest BCUT2D eigenvalue weighted by Gasteiger charge is -2.26. The van der Waals surface area contributed by atoms with Gasteiger partial charge in [-0.1, -0.05) is 17.7 Å². The van der Waals surface area contributed by atoms with Gasteiger partial charge in [0, 0.05) is 34.1 Å². The summed E-state index contributed by atoms with van der Waals surface area (Å²) in [5.41, 5.74) is 3.04. The molecule has 0 spiro atoms. The highest BCUT2D eigenvalue weighted by Gasteiger charge is 2.22. The number of pyridine rings is 1. The maximum absolute atomic E-state index is 12.2. The van der Waals surface area contributed by atoms with E-state index in [9.17, 15) is 4.79 Å². The number of hydrogen-bond donors (Lipinski definition) is 2. The number of nitrogens with one attached hydrogen (secondary N) is 2. The quantitative estimate of drug-likeness (QED) is 0.879. The minimum Gasteiger partial charge on any atom is -0.334 e. The average Bonchev–Trinajstić information content (AvgIpc) is 2.55. The van der Waals surface area contributed by atoms with Crippen molar-refractivity contribution in [3.63, 3.8) is 0 Å². The van der Waals surface area contributed by atoms with Crippen molar-refractivity contribution in [1.29, 1.82) is 0 Å². The number of rotatable bonds is 3. The van der Waals surface area contributed by atoms with Crippen molar-refractivity contribution in [1.82, 2.24) is 15.6 Å². The van der Waals surface area contributed by atoms with Crippen LogP contribution in [0.4, 0.5) is 4.79 Å². The molecule has 3 rings (SSSR count). The fraction of sp³-hybridized carbons (Fsp3) is 0.294. The highest BCUT2D eigenvalue weighted by atomic mass is 35.5. The van der Waals surface area contributed by atoms with E-state index < -0.39 is 0 Å². The Labute approximate surface area is 145 Å². The molecule has 0 saturated carbocycles. The number of benzene rings is 1. The Hall–Kier alpha value is -1.72. The zero-order valence-electron chi connectivity index (χ0n) is 12.8. The summed E-state index contributed by atoms with van der Waals surface area (Å²) in [4.78, 5) is 17.6. The number of hydrogen-bond acceptors (Lipinski definition) is 3. The molecule has 1 aliphatic rings. The second-order valence-corrected chi connectivity index (χ2v) is 7.08. The number of aromatic nitrogens is 1. The van der Waals surface area contributed by atoms with Crippen LogP contribution in [0.15, 0.2) is 41.4 Å². The van der Waals surface area contributed by atoms with Crippen LogP contribution in [0.3, 0.4) is 0 Å². The molecule has 0 saturated heterocycles. The first-order valence-electron chi connectivity index (χ1n) is 7.50. The van der Waals surface area contributed by atoms with Crippen LogP contribution in [-0.2, 0) is 6.54 Å². The molecule has 1 atom stereocenters. The Morgan fingerprint density at radius 1 is 1.39 bits per heavy atom. The standard InChI is InChI=1S/C17H18ClN3OS/c1-11-2-3-12(9-19-11)10-20-17(22)21-15-6-7-23-16-5-4-13(18)8-14(15)16/h2-5,8-9,15H,6-7,10H2,1H3,(H2,20,21,22). The predicted molar refractivity (Wildman–Crippen MR) is 93.9 cm³/mol. The van der Waals surface area contributed by atoms with E-state index in [0.717, 1.165) is 29.0 Å². The van der Waals surface area contributed by atoms with E-state index in [1.165, 1.54) is 4.90 Å². The second kappa shape index (κ2) is 7.23. The van der Waals surface area contributed by atoms with Gasteiger partial charge in [0.25, 0.3) is 0 Å². The van der Waals surface area contributed by atoms with Gasteiger partial charge in [0.05, 0.1) is 6.04 Å². The molecule has 6 heteroatoms. The Morgan fingerprint density at radius 2 is 2.26 bits per heavy atom. The number of carbonyl (C=O) groups excluding carboxylic acids is 1. The van der Waals surface area contributed by atoms with Gasteiger partial charge in [0.2, 0.25) is 0 Å². The Morgan fingerprint density at radius 3 is 3.04 bits per heavy atom. The van der Waals surface area contributed by atoms with Gasteiger partial charge in [-0.05, 0) is 48.7 Å². The molecule has 0 radical (unpaired) electrons. The highest BCUT2D eigenvalue weighted by molar-refractivity contribution is 7.99. The molecule has 4 nitrogen and oxygen atoms in total. The van der Waals surface area contributed by atoms with Gasteiger partial charge >= 0.3 is 6.03 Å². The molecule has 2 amide bonds. The van der Waals surface area contributed by atoms with Gasteiger partial charge < -0.3 is 10.6 Å². The summed E-state index contributed by atoms with van der Waals surface area (Å²) in [6.45, 7) is 2.40. The Balaban J connectivity index is 1.60. The van der Waals surface area contributed by atoms with Gasteiger partial charge in [-0.15, -0.1) is 11.8 Å². The predicted octanol–water partition coefficient (Wildman–Crippen LogP) is 4.08. The SMILES string of the molecule is Cc1ccc(CNC(=O)NC2CCSc3ccc(Cl)cc32)cn1. The number of amides is 2. The third-order valence-electron chi connectivity index (χ3n) is 3.74. The smallest absolute Gasteiger partial charge is 0.315 e. The summed E-state index contributed by atoms with van der Waals surface area (Å²) in [5.74, 6) is 0.988. The number of urea groups is 1. The van der Waals surface area contributed by atoms with Crippen LogP contribution in [0.5, 0.6) is 0 Å². The molecule has 2 N–H and O–H groups in total. The summed E-state index contributed by atoms with van der Waals surface area (Å²) in [6, 6.07) is 9.58. The van der Waals surface area contributed by atoms with Crippen LogP contribution in [0.2, 0.25) is 5.02 Å². The van der Waals surface area contributed by atoms with Crippen LogP contribution < -0.4 is 10.6 Å². The maximum atomic E-state index is 12.2. The van der Waals surface area contributed by atoms with Crippen molar-refractivity contribution in [2.24, 2.45) is 0 Å². The fourth-order valence-corrected chi connectivity index (χ4v) is 3.80. The molecular formula is C17H18ClN3OS. The fourth-order valence-electron chi connectivity index (χ4n) is 2.51. The number of fused-ring (bicyclic) bond motifs is 1. The number of thioether (sulfide) groups is 1. The van der Waals surface area contributed by atoms with E-state index >= 15 is 0 Å². The molecule has 1 aliphatic heterocycles. The first-order valence-corrected chi connectivity index (χ1v) is 8.86. The molecule has 0 bridgehead atoms. The van der Waals surface area contributed by atoms with E-state index in [1.807, 2.05) is 37.3 Å². The summed E-state index contributed by atoms with van der Waals surface area (Å²) in [6.07, 6.45) is 2.68. The van der Waals surface area contributed by atoms with Crippen molar-refractivity contribution in [3.05, 3.63) is 58.4 Å². The van der Waals surface area contributed by atoms with Crippen LogP contribution in [-0.4, -0.2) is 16.8 Å². The van der Waals surface area contributed by atoms with E-state index in [2.05, 4.69) is 15.6 Å². The Bertz CT molecular complexity index is 705. The molecule has 1 aromatic heterocycles. The Kier molecular flexibility index (Phi) is 5.08. The lowest BCUT2D eigenvalue weighted by atomic mass is 10.0. The van der Waals surface area contributed by atoms with Gasteiger partial charge in [0.15, 0.2) is 0 Å². The summed E-state index contributed by atoms with van der Waals surface area (Å²) < 4.78 is 0. The summed E-state index contributed by atoms with van der Waals surface area (Å²) in [5, 5.41) is 6.62. The molecule has 0 aliphatic carbocycles. The third kappa shape index (κ3) is 4.18. The van der Waals surface area contributed by atoms with Gasteiger partial charge in [0.1, 0.15) is 0 Å². The van der Waals surface area contributed by atoms with Crippen molar-refractivity contribution in [3.8, 4) is 0 Å². The molecule has 1 unspecified atom stereocenters. The minimum atomic E-state index is -0.173. The molecule has 2 heterocycles. The summed E-state index contributed by atoms with van der Waals surface area (Å²) in [7, 11) is 0. The molecule has 120 valence electrons. The van der Waals surface area contributed by atoms with E-state index in [4.69, 9.17) is 11.6 Å². The molecule has 1 aromatic carbocycles. The van der Waals surface area contributed by atoms with Crippen molar-refractivity contribution < 1.29 is 4.79 Å². The van der Waals surface area contributed by atoms with Crippen molar-refractivity contribution in [2.75, 3.05) is 5.75 Å². The highest BCUT2D eigenvalue weighted by Crippen LogP contribution is 2.37. The van der Waals surface area contributed by atoms with Crippen LogP contribution in [0.1, 0.15) is 29.3 Å². The van der Waals surface area contributed by atoms with Crippen molar-refractivity contribution >= 4 is 29.4 Å². The zero-order valence-corrected chi connectivity index (χ0v) is 14.4. The van der Waals surface area contributed by atoms with E-state index in [1.54, 1.807) is 18.0 Å². The van der Waals surface area contributed by atoms with E-state index in [0.29, 0.717) is 11.6 Å². The maximum Gasteiger partial charge on any atom is 0.315 e. The molecule has 23 heavy (non-hydrogen) atoms. The topological polar surface area (TPSA) is 54.0 Å². The zero-order chi connectivity index (χ0) is 16.2. The first kappa shape index (κ1) is 16.1. The van der Waals surface area contributed by atoms with Crippen molar-refractivity contribution in [2.45, 2.75) is 30.8 Å². The molecule has 2 aromatic rings. The first-order chi connectivity index (χ1) is 11.1. The molecular weight excluding hydrogens is 330 g/mol. The van der Waals surface area contributed by atoms with Crippen LogP contribution >= 0.6 is 23.4 Å². The number of nitrogens with zero attached hydrogens (tertiary/aromatic N) is 1. The lowest BCUT2D eigenvalue weighted by Crippen LogP contribution is -2.38. The number of halogens is 1. The average molecular weight is 348 g/mol. The lowest BCUT2D eigenvalue weighted by molar-refractivity contribution is 0.236. The van der Waals surface area contributed by atoms with Gasteiger partial charge in [-0.25, -0.2) is 4.79 Å².